The molecule has 0 aliphatic carbocycles. The van der Waals surface area contributed by atoms with E-state index >= 15 is 0 Å². The molecule has 0 radical (unpaired) electrons. The Balaban J connectivity index is 1.40. The van der Waals surface area contributed by atoms with Gasteiger partial charge in [0.15, 0.2) is 0 Å². The van der Waals surface area contributed by atoms with Gasteiger partial charge in [-0.1, -0.05) is 6.07 Å². The van der Waals surface area contributed by atoms with Crippen LogP contribution in [0.15, 0.2) is 42.6 Å². The fourth-order valence-electron chi connectivity index (χ4n) is 3.56. The van der Waals surface area contributed by atoms with Crippen LogP contribution in [0.4, 0.5) is 11.5 Å². The van der Waals surface area contributed by atoms with E-state index in [-0.39, 0.29) is 11.8 Å². The standard InChI is InChI=1S/C21H24N4O3/c26-20-5-2-8-25(20)18-4-1-3-17(14-18)21(27)23-15-16-6-7-22-19(13-16)24-9-11-28-12-10-24/h1,3-4,6-7,13-14H,2,5,8-12,15H2,(H,23,27). The van der Waals surface area contributed by atoms with Crippen molar-refractivity contribution in [2.75, 3.05) is 42.6 Å². The minimum atomic E-state index is -0.154. The molecular formula is C21H24N4O3. The highest BCUT2D eigenvalue weighted by molar-refractivity contribution is 5.99. The maximum Gasteiger partial charge on any atom is 0.251 e. The highest BCUT2D eigenvalue weighted by Gasteiger charge is 2.22. The van der Waals surface area contributed by atoms with E-state index in [1.165, 1.54) is 0 Å². The molecule has 7 nitrogen and oxygen atoms in total. The van der Waals surface area contributed by atoms with Crippen molar-refractivity contribution in [2.45, 2.75) is 19.4 Å². The number of hydrogen-bond acceptors (Lipinski definition) is 5. The van der Waals surface area contributed by atoms with E-state index in [0.717, 1.165) is 36.6 Å². The number of nitrogens with one attached hydrogen (secondary N) is 1. The van der Waals surface area contributed by atoms with Crippen LogP contribution in [-0.4, -0.2) is 49.6 Å². The lowest BCUT2D eigenvalue weighted by molar-refractivity contribution is -0.117. The topological polar surface area (TPSA) is 74.8 Å². The van der Waals surface area contributed by atoms with E-state index in [1.807, 2.05) is 24.3 Å². The molecule has 2 aliphatic rings. The van der Waals surface area contributed by atoms with Crippen LogP contribution < -0.4 is 15.1 Å². The zero-order valence-corrected chi connectivity index (χ0v) is 15.8. The van der Waals surface area contributed by atoms with Crippen molar-refractivity contribution in [2.24, 2.45) is 0 Å². The molecule has 0 bridgehead atoms. The summed E-state index contributed by atoms with van der Waals surface area (Å²) in [4.78, 5) is 32.9. The Morgan fingerprint density at radius 1 is 1.14 bits per heavy atom. The second-order valence-corrected chi connectivity index (χ2v) is 7.00. The molecule has 0 unspecified atom stereocenters. The van der Waals surface area contributed by atoms with Gasteiger partial charge in [-0.05, 0) is 42.3 Å². The van der Waals surface area contributed by atoms with E-state index in [9.17, 15) is 9.59 Å². The molecule has 146 valence electrons. The second-order valence-electron chi connectivity index (χ2n) is 7.00. The Morgan fingerprint density at radius 3 is 2.79 bits per heavy atom. The number of rotatable bonds is 5. The molecule has 2 saturated heterocycles. The molecule has 2 aromatic rings. The van der Waals surface area contributed by atoms with Gasteiger partial charge in [0.05, 0.1) is 13.2 Å². The number of nitrogens with zero attached hydrogens (tertiary/aromatic N) is 3. The number of benzene rings is 1. The smallest absolute Gasteiger partial charge is 0.251 e. The molecule has 3 heterocycles. The average molecular weight is 380 g/mol. The summed E-state index contributed by atoms with van der Waals surface area (Å²) in [5.41, 5.74) is 2.34. The Labute approximate surface area is 164 Å². The van der Waals surface area contributed by atoms with E-state index in [0.29, 0.717) is 38.3 Å². The number of hydrogen-bond donors (Lipinski definition) is 1. The zero-order valence-electron chi connectivity index (χ0n) is 15.8. The lowest BCUT2D eigenvalue weighted by atomic mass is 10.1. The van der Waals surface area contributed by atoms with Crippen molar-refractivity contribution < 1.29 is 14.3 Å². The quantitative estimate of drug-likeness (QED) is 0.859. The molecule has 28 heavy (non-hydrogen) atoms. The van der Waals surface area contributed by atoms with E-state index < -0.39 is 0 Å². The van der Waals surface area contributed by atoms with Crippen LogP contribution >= 0.6 is 0 Å². The lowest BCUT2D eigenvalue weighted by Gasteiger charge is -2.28. The van der Waals surface area contributed by atoms with Gasteiger partial charge in [0.2, 0.25) is 5.91 Å². The predicted molar refractivity (Wildman–Crippen MR) is 106 cm³/mol. The predicted octanol–water partition coefficient (Wildman–Crippen LogP) is 1.97. The maximum absolute atomic E-state index is 12.6. The van der Waals surface area contributed by atoms with Crippen molar-refractivity contribution >= 4 is 23.3 Å². The molecule has 1 N–H and O–H groups in total. The Morgan fingerprint density at radius 2 is 2.00 bits per heavy atom. The van der Waals surface area contributed by atoms with Crippen molar-refractivity contribution in [3.8, 4) is 0 Å². The fraction of sp³-hybridized carbons (Fsp3) is 0.381. The summed E-state index contributed by atoms with van der Waals surface area (Å²) < 4.78 is 5.38. The number of amides is 2. The largest absolute Gasteiger partial charge is 0.378 e. The van der Waals surface area contributed by atoms with Gasteiger partial charge in [-0.3, -0.25) is 9.59 Å². The van der Waals surface area contributed by atoms with Gasteiger partial charge in [-0.2, -0.15) is 0 Å². The lowest BCUT2D eigenvalue weighted by Crippen LogP contribution is -2.36. The third kappa shape index (κ3) is 4.14. The molecule has 7 heteroatoms. The molecule has 0 atom stereocenters. The average Bonchev–Trinajstić information content (AvgIpc) is 3.19. The highest BCUT2D eigenvalue weighted by atomic mass is 16.5. The summed E-state index contributed by atoms with van der Waals surface area (Å²) in [6.45, 7) is 4.20. The van der Waals surface area contributed by atoms with Crippen molar-refractivity contribution in [3.63, 3.8) is 0 Å². The number of aromatic nitrogens is 1. The van der Waals surface area contributed by atoms with Crippen molar-refractivity contribution in [1.82, 2.24) is 10.3 Å². The first-order chi connectivity index (χ1) is 13.7. The molecule has 4 rings (SSSR count). The van der Waals surface area contributed by atoms with Crippen LogP contribution in [0, 0.1) is 0 Å². The van der Waals surface area contributed by atoms with Gasteiger partial charge in [0.1, 0.15) is 5.82 Å². The Hall–Kier alpha value is -2.93. The SMILES string of the molecule is O=C(NCc1ccnc(N2CCOCC2)c1)c1cccc(N2CCCC2=O)c1. The number of pyridine rings is 1. The van der Waals surface area contributed by atoms with Crippen molar-refractivity contribution in [1.29, 1.82) is 0 Å². The van der Waals surface area contributed by atoms with Gasteiger partial charge in [-0.15, -0.1) is 0 Å². The van der Waals surface area contributed by atoms with Gasteiger partial charge < -0.3 is 19.9 Å². The molecule has 0 spiro atoms. The normalized spacial score (nSPS) is 17.1. The van der Waals surface area contributed by atoms with Crippen LogP contribution in [0.3, 0.4) is 0 Å². The fourth-order valence-corrected chi connectivity index (χ4v) is 3.56. The summed E-state index contributed by atoms with van der Waals surface area (Å²) in [6, 6.07) is 11.2. The highest BCUT2D eigenvalue weighted by Crippen LogP contribution is 2.22. The minimum Gasteiger partial charge on any atom is -0.378 e. The number of ether oxygens (including phenoxy) is 1. The van der Waals surface area contributed by atoms with Crippen LogP contribution in [0.5, 0.6) is 0 Å². The summed E-state index contributed by atoms with van der Waals surface area (Å²) in [5, 5.41) is 2.96. The van der Waals surface area contributed by atoms with Crippen LogP contribution in [0.2, 0.25) is 0 Å². The first-order valence-corrected chi connectivity index (χ1v) is 9.67. The maximum atomic E-state index is 12.6. The number of carbonyl (C=O) groups is 2. The van der Waals surface area contributed by atoms with Gasteiger partial charge in [0, 0.05) is 50.0 Å². The zero-order chi connectivity index (χ0) is 19.3. The second kappa shape index (κ2) is 8.39. The minimum absolute atomic E-state index is 0.116. The van der Waals surface area contributed by atoms with Crippen LogP contribution in [0.1, 0.15) is 28.8 Å². The first kappa shape index (κ1) is 18.4. The molecule has 1 aromatic heterocycles. The molecule has 1 aromatic carbocycles. The first-order valence-electron chi connectivity index (χ1n) is 9.67. The van der Waals surface area contributed by atoms with Gasteiger partial charge >= 0.3 is 0 Å². The summed E-state index contributed by atoms with van der Waals surface area (Å²) in [6.07, 6.45) is 3.21. The molecule has 0 saturated carbocycles. The Bertz CT molecular complexity index is 864. The number of morpholine rings is 1. The summed E-state index contributed by atoms with van der Waals surface area (Å²) in [7, 11) is 0. The van der Waals surface area contributed by atoms with Crippen LogP contribution in [0.25, 0.3) is 0 Å². The third-order valence-corrected chi connectivity index (χ3v) is 5.09. The monoisotopic (exact) mass is 380 g/mol. The number of anilines is 2. The van der Waals surface area contributed by atoms with Gasteiger partial charge in [-0.25, -0.2) is 4.98 Å². The molecule has 2 amide bonds. The van der Waals surface area contributed by atoms with E-state index in [4.69, 9.17) is 4.74 Å². The molecule has 2 aliphatic heterocycles. The molecular weight excluding hydrogens is 356 g/mol. The third-order valence-electron chi connectivity index (χ3n) is 5.09. The van der Waals surface area contributed by atoms with Crippen molar-refractivity contribution in [3.05, 3.63) is 53.7 Å². The summed E-state index contributed by atoms with van der Waals surface area (Å²) in [5.74, 6) is 0.868. The van der Waals surface area contributed by atoms with E-state index in [2.05, 4.69) is 15.2 Å². The Kier molecular flexibility index (Phi) is 5.53. The van der Waals surface area contributed by atoms with Gasteiger partial charge in [0.25, 0.3) is 5.91 Å². The van der Waals surface area contributed by atoms with Crippen LogP contribution in [-0.2, 0) is 16.1 Å². The van der Waals surface area contributed by atoms with E-state index in [1.54, 1.807) is 23.2 Å². The molecule has 2 fully saturated rings. The summed E-state index contributed by atoms with van der Waals surface area (Å²) >= 11 is 0. The number of carbonyl (C=O) groups excluding carboxylic acids is 2.